The lowest BCUT2D eigenvalue weighted by atomic mass is 9.98. The minimum atomic E-state index is -3.29. The van der Waals surface area contributed by atoms with Crippen LogP contribution in [0.2, 0.25) is 0 Å². The van der Waals surface area contributed by atoms with E-state index in [2.05, 4.69) is 59.2 Å². The van der Waals surface area contributed by atoms with Crippen molar-refractivity contribution in [3.8, 4) is 0 Å². The molecule has 0 aliphatic rings. The van der Waals surface area contributed by atoms with Gasteiger partial charge < -0.3 is 9.88 Å². The van der Waals surface area contributed by atoms with Crippen molar-refractivity contribution < 1.29 is 13.2 Å². The normalized spacial score (nSPS) is 11.8. The highest BCUT2D eigenvalue weighted by molar-refractivity contribution is 7.91. The number of nitrogens with one attached hydrogen (secondary N) is 1. The molecular formula is C28H31N3O3S. The fourth-order valence-corrected chi connectivity index (χ4v) is 4.97. The van der Waals surface area contributed by atoms with E-state index < -0.39 is 9.84 Å². The van der Waals surface area contributed by atoms with Crippen molar-refractivity contribution in [1.29, 1.82) is 0 Å². The van der Waals surface area contributed by atoms with Crippen molar-refractivity contribution in [2.45, 2.75) is 45.2 Å². The van der Waals surface area contributed by atoms with Crippen LogP contribution >= 0.6 is 0 Å². The zero-order valence-corrected chi connectivity index (χ0v) is 21.2. The number of hydrogen-bond donors (Lipinski definition) is 1. The van der Waals surface area contributed by atoms with Crippen LogP contribution in [-0.2, 0) is 29.3 Å². The van der Waals surface area contributed by atoms with E-state index in [0.717, 1.165) is 23.9 Å². The Hall–Kier alpha value is -3.45. The first kappa shape index (κ1) is 24.7. The van der Waals surface area contributed by atoms with Gasteiger partial charge in [0.05, 0.1) is 22.9 Å². The minimum absolute atomic E-state index is 0.0272. The Morgan fingerprint density at radius 2 is 1.80 bits per heavy atom. The fraction of sp³-hybridized carbons (Fsp3) is 0.286. The first-order valence-corrected chi connectivity index (χ1v) is 13.5. The van der Waals surface area contributed by atoms with Crippen LogP contribution in [0.25, 0.3) is 10.9 Å². The topological polar surface area (TPSA) is 81.1 Å². The highest BCUT2D eigenvalue weighted by Crippen LogP contribution is 2.22. The largest absolute Gasteiger partial charge is 0.346 e. The second kappa shape index (κ2) is 10.4. The Morgan fingerprint density at radius 1 is 1.03 bits per heavy atom. The summed E-state index contributed by atoms with van der Waals surface area (Å²) in [4.78, 5) is 17.1. The van der Waals surface area contributed by atoms with Gasteiger partial charge in [-0.1, -0.05) is 45.0 Å². The number of carbonyl (C=O) groups is 1. The summed E-state index contributed by atoms with van der Waals surface area (Å²) in [6, 6.07) is 19.5. The molecule has 0 aliphatic carbocycles. The van der Waals surface area contributed by atoms with E-state index in [1.54, 1.807) is 13.0 Å². The van der Waals surface area contributed by atoms with Gasteiger partial charge in [-0.05, 0) is 59.9 Å². The van der Waals surface area contributed by atoms with Crippen LogP contribution in [0, 0.1) is 5.92 Å². The van der Waals surface area contributed by atoms with Crippen LogP contribution < -0.4 is 5.32 Å². The fourth-order valence-electron chi connectivity index (χ4n) is 4.15. The van der Waals surface area contributed by atoms with Crippen molar-refractivity contribution in [2.24, 2.45) is 5.92 Å². The van der Waals surface area contributed by atoms with Crippen LogP contribution in [0.15, 0.2) is 78.0 Å². The second-order valence-corrected chi connectivity index (χ2v) is 11.4. The molecule has 4 aromatic rings. The predicted octanol–water partition coefficient (Wildman–Crippen LogP) is 5.01. The van der Waals surface area contributed by atoms with Crippen molar-refractivity contribution in [3.05, 3.63) is 95.4 Å². The van der Waals surface area contributed by atoms with Crippen LogP contribution in [0.4, 0.5) is 0 Å². The van der Waals surface area contributed by atoms with E-state index in [1.807, 2.05) is 24.3 Å². The van der Waals surface area contributed by atoms with E-state index in [1.165, 1.54) is 23.4 Å². The average Bonchev–Trinajstić information content (AvgIpc) is 3.25. The smallest absolute Gasteiger partial charge is 0.251 e. The van der Waals surface area contributed by atoms with Gasteiger partial charge in [-0.15, -0.1) is 0 Å². The maximum Gasteiger partial charge on any atom is 0.251 e. The van der Waals surface area contributed by atoms with Gasteiger partial charge >= 0.3 is 0 Å². The maximum atomic E-state index is 12.7. The molecule has 0 radical (unpaired) electrons. The molecule has 2 aromatic carbocycles. The van der Waals surface area contributed by atoms with E-state index >= 15 is 0 Å². The quantitative estimate of drug-likeness (QED) is 0.358. The van der Waals surface area contributed by atoms with Gasteiger partial charge in [0, 0.05) is 35.4 Å². The summed E-state index contributed by atoms with van der Waals surface area (Å²) in [7, 11) is -3.29. The lowest BCUT2D eigenvalue weighted by molar-refractivity contribution is 0.0950. The van der Waals surface area contributed by atoms with E-state index in [4.69, 9.17) is 0 Å². The third kappa shape index (κ3) is 5.80. The molecule has 182 valence electrons. The zero-order valence-electron chi connectivity index (χ0n) is 20.4. The molecule has 2 heterocycles. The molecule has 0 saturated carbocycles. The van der Waals surface area contributed by atoms with Crippen LogP contribution in [0.1, 0.15) is 48.0 Å². The third-order valence-electron chi connectivity index (χ3n) is 6.09. The number of hydrogen-bond acceptors (Lipinski definition) is 4. The highest BCUT2D eigenvalue weighted by Gasteiger charge is 2.13. The zero-order chi connectivity index (χ0) is 25.0. The third-order valence-corrected chi connectivity index (χ3v) is 7.81. The van der Waals surface area contributed by atoms with Gasteiger partial charge in [0.25, 0.3) is 5.91 Å². The number of nitrogens with zero attached hydrogens (tertiary/aromatic N) is 2. The molecule has 0 saturated heterocycles. The molecule has 35 heavy (non-hydrogen) atoms. The summed E-state index contributed by atoms with van der Waals surface area (Å²) in [5.74, 6) is 0.421. The monoisotopic (exact) mass is 489 g/mol. The molecule has 0 spiro atoms. The lowest BCUT2D eigenvalue weighted by Gasteiger charge is -2.13. The lowest BCUT2D eigenvalue weighted by Crippen LogP contribution is -2.23. The number of aromatic nitrogens is 2. The number of rotatable bonds is 9. The van der Waals surface area contributed by atoms with Gasteiger partial charge in [-0.25, -0.2) is 8.42 Å². The Bertz CT molecular complexity index is 1440. The summed E-state index contributed by atoms with van der Waals surface area (Å²) in [6.07, 6.45) is 4.45. The highest BCUT2D eigenvalue weighted by atomic mass is 32.2. The molecule has 0 unspecified atom stereocenters. The summed E-state index contributed by atoms with van der Waals surface area (Å²) in [5.41, 5.74) is 4.93. The molecule has 0 fully saturated rings. The number of pyridine rings is 1. The Kier molecular flexibility index (Phi) is 7.36. The molecule has 0 aliphatic heterocycles. The Labute approximate surface area is 206 Å². The van der Waals surface area contributed by atoms with Crippen molar-refractivity contribution in [2.75, 3.05) is 5.75 Å². The summed E-state index contributed by atoms with van der Waals surface area (Å²) >= 11 is 0. The van der Waals surface area contributed by atoms with Crippen LogP contribution in [-0.4, -0.2) is 29.6 Å². The van der Waals surface area contributed by atoms with E-state index in [9.17, 15) is 13.2 Å². The molecule has 0 atom stereocenters. The SMILES string of the molecule is CCS(=O)(=O)c1ccc(CNC(=O)c2ccc3c(ccn3Cc3ccccc3CC(C)C)c2)nc1. The number of fused-ring (bicyclic) bond motifs is 1. The van der Waals surface area contributed by atoms with Gasteiger partial charge in [0.1, 0.15) is 0 Å². The van der Waals surface area contributed by atoms with Gasteiger partial charge in [-0.3, -0.25) is 9.78 Å². The van der Waals surface area contributed by atoms with Crippen LogP contribution in [0.3, 0.4) is 0 Å². The Balaban J connectivity index is 1.45. The number of sulfone groups is 1. The molecular weight excluding hydrogens is 458 g/mol. The molecule has 2 aromatic heterocycles. The molecule has 1 N–H and O–H groups in total. The van der Waals surface area contributed by atoms with E-state index in [0.29, 0.717) is 17.2 Å². The van der Waals surface area contributed by atoms with Crippen molar-refractivity contribution >= 4 is 26.6 Å². The van der Waals surface area contributed by atoms with Gasteiger partial charge in [-0.2, -0.15) is 0 Å². The Morgan fingerprint density at radius 3 is 2.49 bits per heavy atom. The number of benzene rings is 2. The summed E-state index contributed by atoms with van der Waals surface area (Å²) in [5, 5.41) is 3.87. The van der Waals surface area contributed by atoms with Crippen molar-refractivity contribution in [1.82, 2.24) is 14.9 Å². The van der Waals surface area contributed by atoms with E-state index in [-0.39, 0.29) is 23.1 Å². The predicted molar refractivity (Wildman–Crippen MR) is 139 cm³/mol. The molecule has 1 amide bonds. The molecule has 6 nitrogen and oxygen atoms in total. The number of amides is 1. The standard InChI is InChI=1S/C28H31N3O3S/c1-4-35(33,34)26-11-10-25(29-18-26)17-30-28(32)23-9-12-27-22(16-23)13-14-31(27)19-24-8-6-5-7-21(24)15-20(2)3/h5-14,16,18,20H,4,15,17,19H2,1-3H3,(H,30,32). The first-order chi connectivity index (χ1) is 16.8. The van der Waals surface area contributed by atoms with Crippen molar-refractivity contribution in [3.63, 3.8) is 0 Å². The minimum Gasteiger partial charge on any atom is -0.346 e. The second-order valence-electron chi connectivity index (χ2n) is 9.16. The van der Waals surface area contributed by atoms with Gasteiger partial charge in [0.15, 0.2) is 9.84 Å². The summed E-state index contributed by atoms with van der Waals surface area (Å²) in [6.45, 7) is 7.07. The molecule has 0 bridgehead atoms. The summed E-state index contributed by atoms with van der Waals surface area (Å²) < 4.78 is 26.1. The maximum absolute atomic E-state index is 12.7. The molecule has 7 heteroatoms. The van der Waals surface area contributed by atoms with Gasteiger partial charge in [0.2, 0.25) is 0 Å². The molecule has 4 rings (SSSR count). The van der Waals surface area contributed by atoms with Crippen LogP contribution in [0.5, 0.6) is 0 Å². The average molecular weight is 490 g/mol. The first-order valence-electron chi connectivity index (χ1n) is 11.9. The number of carbonyl (C=O) groups excluding carboxylic acids is 1.